The van der Waals surface area contributed by atoms with Gasteiger partial charge in [-0.25, -0.2) is 4.98 Å². The van der Waals surface area contributed by atoms with E-state index in [-0.39, 0.29) is 12.7 Å². The van der Waals surface area contributed by atoms with Crippen molar-refractivity contribution >= 4 is 11.7 Å². The summed E-state index contributed by atoms with van der Waals surface area (Å²) in [6.45, 7) is 2.17. The summed E-state index contributed by atoms with van der Waals surface area (Å²) in [7, 11) is 1.65. The first kappa shape index (κ1) is 18.5. The summed E-state index contributed by atoms with van der Waals surface area (Å²) in [5, 5.41) is 3.01. The maximum atomic E-state index is 13.1. The van der Waals surface area contributed by atoms with E-state index in [9.17, 15) is 4.79 Å². The van der Waals surface area contributed by atoms with Gasteiger partial charge in [-0.05, 0) is 67.3 Å². The van der Waals surface area contributed by atoms with Crippen LogP contribution < -0.4 is 19.5 Å². The number of carbonyl (C=O) groups excluding carboxylic acids is 1. The number of carbonyl (C=O) groups is 1. The van der Waals surface area contributed by atoms with Crippen molar-refractivity contribution in [1.29, 1.82) is 0 Å². The van der Waals surface area contributed by atoms with E-state index in [1.807, 2.05) is 61.5 Å². The van der Waals surface area contributed by atoms with Crippen molar-refractivity contribution in [2.75, 3.05) is 19.2 Å². The van der Waals surface area contributed by atoms with Crippen LogP contribution >= 0.6 is 0 Å². The Bertz CT molecular complexity index is 1120. The monoisotopic (exact) mass is 402 g/mol. The number of nitrogens with one attached hydrogen (secondary N) is 1. The Morgan fingerprint density at radius 2 is 1.80 bits per heavy atom. The molecule has 1 N–H and O–H groups in total. The molecule has 6 heteroatoms. The fraction of sp³-hybridized carbons (Fsp3) is 0.250. The molecule has 2 aliphatic rings. The van der Waals surface area contributed by atoms with Crippen LogP contribution in [0.2, 0.25) is 0 Å². The van der Waals surface area contributed by atoms with Crippen LogP contribution in [0.1, 0.15) is 24.1 Å². The lowest BCUT2D eigenvalue weighted by atomic mass is 9.94. The molecule has 0 bridgehead atoms. The molecular weight excluding hydrogens is 380 g/mol. The quantitative estimate of drug-likeness (QED) is 0.682. The van der Waals surface area contributed by atoms with Gasteiger partial charge in [0.1, 0.15) is 11.6 Å². The van der Waals surface area contributed by atoms with Crippen LogP contribution in [0, 0.1) is 6.92 Å². The second kappa shape index (κ2) is 7.06. The number of pyridine rings is 1. The summed E-state index contributed by atoms with van der Waals surface area (Å²) >= 11 is 0. The Hall–Kier alpha value is -3.54. The molecule has 1 amide bonds. The van der Waals surface area contributed by atoms with Gasteiger partial charge in [-0.3, -0.25) is 4.79 Å². The largest absolute Gasteiger partial charge is 0.497 e. The molecule has 2 aromatic carbocycles. The van der Waals surface area contributed by atoms with Gasteiger partial charge < -0.3 is 19.5 Å². The molecule has 30 heavy (non-hydrogen) atoms. The van der Waals surface area contributed by atoms with E-state index in [2.05, 4.69) is 10.3 Å². The van der Waals surface area contributed by atoms with Crippen LogP contribution in [0.15, 0.2) is 54.6 Å². The Morgan fingerprint density at radius 3 is 2.50 bits per heavy atom. The maximum absolute atomic E-state index is 13.1. The van der Waals surface area contributed by atoms with Gasteiger partial charge in [0, 0.05) is 11.3 Å². The zero-order chi connectivity index (χ0) is 20.7. The Balaban J connectivity index is 1.35. The van der Waals surface area contributed by atoms with Crippen molar-refractivity contribution in [3.63, 3.8) is 0 Å². The first-order chi connectivity index (χ1) is 14.6. The van der Waals surface area contributed by atoms with Gasteiger partial charge >= 0.3 is 0 Å². The number of amides is 1. The van der Waals surface area contributed by atoms with Crippen LogP contribution in [0.4, 0.5) is 5.82 Å². The molecule has 1 aliphatic heterocycles. The SMILES string of the molecule is COc1ccc(-c2ccc(NC(=O)C3(c4ccc5c(c4)OCO5)CC3)nc2C)cc1. The lowest BCUT2D eigenvalue weighted by molar-refractivity contribution is -0.118. The fourth-order valence-corrected chi connectivity index (χ4v) is 3.91. The minimum atomic E-state index is -0.523. The van der Waals surface area contributed by atoms with Crippen LogP contribution in [0.5, 0.6) is 17.2 Å². The standard InChI is InChI=1S/C24H22N2O4/c1-15-19(16-3-6-18(28-2)7-4-16)8-10-22(25-15)26-23(27)24(11-12-24)17-5-9-20-21(13-17)30-14-29-20/h3-10,13H,11-12,14H2,1-2H3,(H,25,26,27). The first-order valence-corrected chi connectivity index (χ1v) is 9.93. The molecule has 0 spiro atoms. The van der Waals surface area contributed by atoms with E-state index >= 15 is 0 Å². The molecule has 6 nitrogen and oxygen atoms in total. The number of aromatic nitrogens is 1. The van der Waals surface area contributed by atoms with E-state index in [4.69, 9.17) is 14.2 Å². The Labute approximate surface area is 174 Å². The van der Waals surface area contributed by atoms with E-state index in [1.165, 1.54) is 0 Å². The molecule has 3 aromatic rings. The van der Waals surface area contributed by atoms with Gasteiger partial charge in [-0.15, -0.1) is 0 Å². The number of rotatable bonds is 5. The predicted molar refractivity (Wildman–Crippen MR) is 113 cm³/mol. The molecule has 0 saturated heterocycles. The van der Waals surface area contributed by atoms with Gasteiger partial charge in [-0.1, -0.05) is 18.2 Å². The van der Waals surface area contributed by atoms with Crippen LogP contribution in [0.25, 0.3) is 11.1 Å². The average Bonchev–Trinajstić information content (AvgIpc) is 3.45. The molecule has 1 aromatic heterocycles. The number of fused-ring (bicyclic) bond motifs is 1. The van der Waals surface area contributed by atoms with E-state index in [0.717, 1.165) is 46.7 Å². The highest BCUT2D eigenvalue weighted by atomic mass is 16.7. The maximum Gasteiger partial charge on any atom is 0.236 e. The summed E-state index contributed by atoms with van der Waals surface area (Å²) in [5.41, 5.74) is 3.36. The van der Waals surface area contributed by atoms with Crippen LogP contribution in [-0.2, 0) is 10.2 Å². The number of nitrogens with zero attached hydrogens (tertiary/aromatic N) is 1. The van der Waals surface area contributed by atoms with Crippen molar-refractivity contribution in [2.45, 2.75) is 25.2 Å². The number of ether oxygens (including phenoxy) is 3. The minimum Gasteiger partial charge on any atom is -0.497 e. The molecule has 1 fully saturated rings. The fourth-order valence-electron chi connectivity index (χ4n) is 3.91. The van der Waals surface area contributed by atoms with E-state index in [1.54, 1.807) is 7.11 Å². The van der Waals surface area contributed by atoms with Gasteiger partial charge in [0.05, 0.1) is 12.5 Å². The lowest BCUT2D eigenvalue weighted by Crippen LogP contribution is -2.28. The topological polar surface area (TPSA) is 69.7 Å². The number of aryl methyl sites for hydroxylation is 1. The molecule has 0 radical (unpaired) electrons. The number of benzene rings is 2. The molecule has 1 aliphatic carbocycles. The van der Waals surface area contributed by atoms with Gasteiger partial charge in [0.2, 0.25) is 12.7 Å². The first-order valence-electron chi connectivity index (χ1n) is 9.93. The average molecular weight is 402 g/mol. The molecule has 0 atom stereocenters. The van der Waals surface area contributed by atoms with Crippen LogP contribution in [-0.4, -0.2) is 24.8 Å². The predicted octanol–water partition coefficient (Wildman–Crippen LogP) is 4.46. The third-order valence-electron chi connectivity index (χ3n) is 5.84. The molecule has 5 rings (SSSR count). The zero-order valence-electron chi connectivity index (χ0n) is 16.9. The minimum absolute atomic E-state index is 0.0366. The van der Waals surface area contributed by atoms with Gasteiger partial charge in [0.15, 0.2) is 11.5 Å². The highest BCUT2D eigenvalue weighted by Crippen LogP contribution is 2.51. The lowest BCUT2D eigenvalue weighted by Gasteiger charge is -2.16. The number of methoxy groups -OCH3 is 1. The second-order valence-corrected chi connectivity index (χ2v) is 7.66. The highest BCUT2D eigenvalue weighted by molar-refractivity contribution is 6.01. The van der Waals surface area contributed by atoms with Crippen molar-refractivity contribution in [3.8, 4) is 28.4 Å². The molecule has 152 valence electrons. The van der Waals surface area contributed by atoms with Gasteiger partial charge in [0.25, 0.3) is 0 Å². The summed E-state index contributed by atoms with van der Waals surface area (Å²) in [6.07, 6.45) is 1.61. The van der Waals surface area contributed by atoms with Crippen molar-refractivity contribution in [3.05, 3.63) is 65.9 Å². The zero-order valence-corrected chi connectivity index (χ0v) is 16.9. The smallest absolute Gasteiger partial charge is 0.236 e. The third kappa shape index (κ3) is 3.14. The summed E-state index contributed by atoms with van der Waals surface area (Å²) in [4.78, 5) is 17.7. The molecule has 0 unspecified atom stereocenters. The summed E-state index contributed by atoms with van der Waals surface area (Å²) < 4.78 is 16.1. The summed E-state index contributed by atoms with van der Waals surface area (Å²) in [6, 6.07) is 17.4. The third-order valence-corrected chi connectivity index (χ3v) is 5.84. The van der Waals surface area contributed by atoms with Crippen molar-refractivity contribution in [1.82, 2.24) is 4.98 Å². The second-order valence-electron chi connectivity index (χ2n) is 7.66. The summed E-state index contributed by atoms with van der Waals surface area (Å²) in [5.74, 6) is 2.75. The van der Waals surface area contributed by atoms with Crippen molar-refractivity contribution in [2.24, 2.45) is 0 Å². The highest BCUT2D eigenvalue weighted by Gasteiger charge is 2.51. The van der Waals surface area contributed by atoms with Crippen LogP contribution in [0.3, 0.4) is 0 Å². The van der Waals surface area contributed by atoms with E-state index < -0.39 is 5.41 Å². The van der Waals surface area contributed by atoms with Crippen molar-refractivity contribution < 1.29 is 19.0 Å². The Morgan fingerprint density at radius 1 is 1.03 bits per heavy atom. The number of hydrogen-bond acceptors (Lipinski definition) is 5. The number of anilines is 1. The molecule has 2 heterocycles. The van der Waals surface area contributed by atoms with E-state index in [0.29, 0.717) is 11.6 Å². The van der Waals surface area contributed by atoms with Gasteiger partial charge in [-0.2, -0.15) is 0 Å². The molecular formula is C24H22N2O4. The molecule has 1 saturated carbocycles. The normalized spacial score (nSPS) is 15.5. The Kier molecular flexibility index (Phi) is 4.35. The number of hydrogen-bond donors (Lipinski definition) is 1.